The van der Waals surface area contributed by atoms with Gasteiger partial charge in [-0.1, -0.05) is 30.3 Å². The van der Waals surface area contributed by atoms with Crippen molar-refractivity contribution in [2.24, 2.45) is 0 Å². The Kier molecular flexibility index (Phi) is 5.54. The van der Waals surface area contributed by atoms with Gasteiger partial charge in [-0.25, -0.2) is 16.8 Å². The predicted octanol–water partition coefficient (Wildman–Crippen LogP) is 2.54. The molecule has 0 radical (unpaired) electrons. The molecule has 158 valence electrons. The fourth-order valence-electron chi connectivity index (χ4n) is 3.53. The fourth-order valence-corrected chi connectivity index (χ4v) is 6.43. The Bertz CT molecular complexity index is 1270. The molecule has 0 amide bonds. The number of ether oxygens (including phenoxy) is 1. The van der Waals surface area contributed by atoms with Gasteiger partial charge in [0.05, 0.1) is 16.9 Å². The van der Waals surface area contributed by atoms with Crippen molar-refractivity contribution in [1.29, 1.82) is 0 Å². The lowest BCUT2D eigenvalue weighted by Gasteiger charge is -2.33. The second kappa shape index (κ2) is 7.99. The summed E-state index contributed by atoms with van der Waals surface area (Å²) in [5, 5.41) is 1.68. The summed E-state index contributed by atoms with van der Waals surface area (Å²) in [6.07, 6.45) is 0. The normalized spacial score (nSPS) is 16.6. The number of piperazine rings is 1. The number of nitrogens with zero attached hydrogens (tertiary/aromatic N) is 2. The van der Waals surface area contributed by atoms with Crippen LogP contribution in [0.3, 0.4) is 0 Å². The maximum Gasteiger partial charge on any atom is 0.243 e. The summed E-state index contributed by atoms with van der Waals surface area (Å²) in [6.45, 7) is 0.437. The Balaban J connectivity index is 1.53. The summed E-state index contributed by atoms with van der Waals surface area (Å²) >= 11 is 0. The van der Waals surface area contributed by atoms with E-state index in [1.165, 1.54) is 8.61 Å². The molecule has 4 rings (SSSR count). The number of rotatable bonds is 5. The number of methoxy groups -OCH3 is 1. The second-order valence-corrected chi connectivity index (χ2v) is 10.9. The maximum absolute atomic E-state index is 13.1. The number of fused-ring (bicyclic) bond motifs is 1. The first-order valence-corrected chi connectivity index (χ1v) is 12.3. The van der Waals surface area contributed by atoms with Gasteiger partial charge in [-0.2, -0.15) is 8.61 Å². The lowest BCUT2D eigenvalue weighted by atomic mass is 10.1. The molecule has 0 spiro atoms. The van der Waals surface area contributed by atoms with Crippen LogP contribution in [0, 0.1) is 0 Å². The van der Waals surface area contributed by atoms with Crippen LogP contribution in [-0.2, 0) is 20.0 Å². The minimum atomic E-state index is -3.72. The van der Waals surface area contributed by atoms with Crippen molar-refractivity contribution >= 4 is 30.8 Å². The predicted molar refractivity (Wildman–Crippen MR) is 114 cm³/mol. The zero-order chi connectivity index (χ0) is 21.4. The smallest absolute Gasteiger partial charge is 0.243 e. The SMILES string of the molecule is COc1ccc2cc(S(=O)(=O)N3CCN(S(=O)(=O)c4ccccc4)CC3)ccc2c1. The van der Waals surface area contributed by atoms with Crippen molar-refractivity contribution in [3.8, 4) is 5.75 Å². The van der Waals surface area contributed by atoms with E-state index in [0.717, 1.165) is 10.8 Å². The third kappa shape index (κ3) is 3.81. The molecule has 3 aromatic carbocycles. The van der Waals surface area contributed by atoms with E-state index in [1.54, 1.807) is 61.7 Å². The van der Waals surface area contributed by atoms with Crippen molar-refractivity contribution in [3.05, 3.63) is 66.7 Å². The molecular formula is C21H22N2O5S2. The molecule has 1 aliphatic rings. The second-order valence-electron chi connectivity index (χ2n) is 7.00. The number of sulfonamides is 2. The molecule has 1 heterocycles. The first kappa shape index (κ1) is 20.8. The summed E-state index contributed by atoms with van der Waals surface area (Å²) in [7, 11) is -5.77. The first-order valence-electron chi connectivity index (χ1n) is 9.45. The van der Waals surface area contributed by atoms with Crippen LogP contribution in [0.2, 0.25) is 0 Å². The summed E-state index contributed by atoms with van der Waals surface area (Å²) in [5.41, 5.74) is 0. The third-order valence-electron chi connectivity index (χ3n) is 5.24. The maximum atomic E-state index is 13.1. The van der Waals surface area contributed by atoms with E-state index in [0.29, 0.717) is 5.75 Å². The van der Waals surface area contributed by atoms with Crippen molar-refractivity contribution in [2.75, 3.05) is 33.3 Å². The highest BCUT2D eigenvalue weighted by atomic mass is 32.2. The van der Waals surface area contributed by atoms with Crippen LogP contribution in [0.25, 0.3) is 10.8 Å². The molecule has 30 heavy (non-hydrogen) atoms. The van der Waals surface area contributed by atoms with Gasteiger partial charge in [-0.15, -0.1) is 0 Å². The van der Waals surface area contributed by atoms with E-state index in [9.17, 15) is 16.8 Å². The zero-order valence-corrected chi connectivity index (χ0v) is 18.1. The van der Waals surface area contributed by atoms with Gasteiger partial charge in [0.1, 0.15) is 5.75 Å². The molecule has 1 saturated heterocycles. The first-order chi connectivity index (χ1) is 14.3. The Labute approximate surface area is 176 Å². The molecule has 7 nitrogen and oxygen atoms in total. The average molecular weight is 447 g/mol. The molecule has 1 aliphatic heterocycles. The van der Waals surface area contributed by atoms with Gasteiger partial charge in [0.25, 0.3) is 0 Å². The van der Waals surface area contributed by atoms with Crippen LogP contribution >= 0.6 is 0 Å². The Hall–Kier alpha value is -2.46. The van der Waals surface area contributed by atoms with Crippen LogP contribution in [-0.4, -0.2) is 58.7 Å². The van der Waals surface area contributed by atoms with Crippen LogP contribution in [0.15, 0.2) is 76.5 Å². The van der Waals surface area contributed by atoms with Gasteiger partial charge in [0.2, 0.25) is 20.0 Å². The van der Waals surface area contributed by atoms with Crippen molar-refractivity contribution < 1.29 is 21.6 Å². The molecule has 3 aromatic rings. The molecule has 0 bridgehead atoms. The molecule has 0 unspecified atom stereocenters. The van der Waals surface area contributed by atoms with Crippen molar-refractivity contribution in [1.82, 2.24) is 8.61 Å². The zero-order valence-electron chi connectivity index (χ0n) is 16.4. The quantitative estimate of drug-likeness (QED) is 0.601. The van der Waals surface area contributed by atoms with E-state index in [-0.39, 0.29) is 36.0 Å². The number of benzene rings is 3. The highest BCUT2D eigenvalue weighted by Gasteiger charge is 2.33. The van der Waals surface area contributed by atoms with E-state index in [1.807, 2.05) is 12.1 Å². The largest absolute Gasteiger partial charge is 0.497 e. The molecule has 0 N–H and O–H groups in total. The molecule has 1 fully saturated rings. The molecule has 0 aromatic heterocycles. The summed E-state index contributed by atoms with van der Waals surface area (Å²) < 4.78 is 59.6. The highest BCUT2D eigenvalue weighted by Crippen LogP contribution is 2.26. The molecule has 0 saturated carbocycles. The van der Waals surface area contributed by atoms with E-state index in [4.69, 9.17) is 4.74 Å². The standard InChI is InChI=1S/C21H22N2O5S2/c1-28-19-9-7-18-16-21(10-8-17(18)15-19)30(26,27)23-13-11-22(12-14-23)29(24,25)20-5-3-2-4-6-20/h2-10,15-16H,11-14H2,1H3. The molecule has 0 atom stereocenters. The van der Waals surface area contributed by atoms with Crippen LogP contribution in [0.1, 0.15) is 0 Å². The monoisotopic (exact) mass is 446 g/mol. The summed E-state index contributed by atoms with van der Waals surface area (Å²) in [6, 6.07) is 18.6. The summed E-state index contributed by atoms with van der Waals surface area (Å²) in [5.74, 6) is 0.703. The fraction of sp³-hybridized carbons (Fsp3) is 0.238. The average Bonchev–Trinajstić information content (AvgIpc) is 2.79. The van der Waals surface area contributed by atoms with Crippen LogP contribution < -0.4 is 4.74 Å². The lowest BCUT2D eigenvalue weighted by molar-refractivity contribution is 0.273. The van der Waals surface area contributed by atoms with Gasteiger partial charge >= 0.3 is 0 Å². The number of hydrogen-bond acceptors (Lipinski definition) is 5. The van der Waals surface area contributed by atoms with Gasteiger partial charge in [-0.3, -0.25) is 0 Å². The van der Waals surface area contributed by atoms with E-state index in [2.05, 4.69) is 0 Å². The van der Waals surface area contributed by atoms with Crippen molar-refractivity contribution in [3.63, 3.8) is 0 Å². The Morgan fingerprint density at radius 3 is 1.80 bits per heavy atom. The minimum absolute atomic E-state index is 0.106. The minimum Gasteiger partial charge on any atom is -0.497 e. The molecule has 9 heteroatoms. The highest BCUT2D eigenvalue weighted by molar-refractivity contribution is 7.89. The summed E-state index contributed by atoms with van der Waals surface area (Å²) in [4.78, 5) is 0.408. The topological polar surface area (TPSA) is 84.0 Å². The van der Waals surface area contributed by atoms with Crippen LogP contribution in [0.5, 0.6) is 5.75 Å². The Morgan fingerprint density at radius 2 is 1.20 bits per heavy atom. The van der Waals surface area contributed by atoms with Gasteiger partial charge in [0.15, 0.2) is 0 Å². The van der Waals surface area contributed by atoms with E-state index < -0.39 is 20.0 Å². The van der Waals surface area contributed by atoms with Crippen LogP contribution in [0.4, 0.5) is 0 Å². The molecule has 0 aliphatic carbocycles. The Morgan fingerprint density at radius 1 is 0.667 bits per heavy atom. The molecular weight excluding hydrogens is 424 g/mol. The number of hydrogen-bond donors (Lipinski definition) is 0. The van der Waals surface area contributed by atoms with Gasteiger partial charge in [-0.05, 0) is 47.2 Å². The van der Waals surface area contributed by atoms with E-state index >= 15 is 0 Å². The third-order valence-corrected chi connectivity index (χ3v) is 9.04. The van der Waals surface area contributed by atoms with Gasteiger partial charge in [0, 0.05) is 26.2 Å². The lowest BCUT2D eigenvalue weighted by Crippen LogP contribution is -2.50. The van der Waals surface area contributed by atoms with Crippen molar-refractivity contribution in [2.45, 2.75) is 9.79 Å². The van der Waals surface area contributed by atoms with Gasteiger partial charge < -0.3 is 4.74 Å².